The van der Waals surface area contributed by atoms with E-state index < -0.39 is 0 Å². The van der Waals surface area contributed by atoms with Crippen molar-refractivity contribution >= 4 is 5.91 Å². The number of hydrogen-bond acceptors (Lipinski definition) is 3. The molecule has 2 aromatic rings. The maximum atomic E-state index is 12.3. The smallest absolute Gasteiger partial charge is 0.222 e. The minimum atomic E-state index is 0.0516. The molecule has 122 valence electrons. The van der Waals surface area contributed by atoms with Gasteiger partial charge in [0.05, 0.1) is 12.2 Å². The molecule has 1 unspecified atom stereocenters. The van der Waals surface area contributed by atoms with Crippen LogP contribution in [0.25, 0.3) is 0 Å². The predicted octanol–water partition coefficient (Wildman–Crippen LogP) is 2.42. The summed E-state index contributed by atoms with van der Waals surface area (Å²) in [5.74, 6) is 1.07. The van der Waals surface area contributed by atoms with E-state index in [1.807, 2.05) is 39.1 Å². The molecule has 3 rings (SSSR count). The summed E-state index contributed by atoms with van der Waals surface area (Å²) >= 11 is 0. The molecule has 0 fully saturated rings. The molecule has 0 spiro atoms. The van der Waals surface area contributed by atoms with Crippen LogP contribution in [0.5, 0.6) is 5.75 Å². The quantitative estimate of drug-likeness (QED) is 0.922. The van der Waals surface area contributed by atoms with Crippen LogP contribution in [0.3, 0.4) is 0 Å². The maximum absolute atomic E-state index is 12.3. The molecule has 1 aromatic carbocycles. The Morgan fingerprint density at radius 1 is 1.39 bits per heavy atom. The van der Waals surface area contributed by atoms with Crippen molar-refractivity contribution in [2.75, 3.05) is 13.6 Å². The van der Waals surface area contributed by atoms with E-state index >= 15 is 0 Å². The molecule has 0 saturated carbocycles. The Labute approximate surface area is 136 Å². The third kappa shape index (κ3) is 3.38. The van der Waals surface area contributed by atoms with Gasteiger partial charge in [0.2, 0.25) is 5.91 Å². The highest BCUT2D eigenvalue weighted by Gasteiger charge is 2.25. The zero-order valence-corrected chi connectivity index (χ0v) is 13.9. The number of ether oxygens (including phenoxy) is 1. The zero-order chi connectivity index (χ0) is 16.4. The van der Waals surface area contributed by atoms with Crippen molar-refractivity contribution in [1.29, 1.82) is 0 Å². The first-order chi connectivity index (χ1) is 11.0. The van der Waals surface area contributed by atoms with Crippen LogP contribution in [-0.4, -0.2) is 40.7 Å². The standard InChI is InChI=1S/C18H23N3O2/c1-12-13(2)19-20-16(12)8-9-18(22)21(3)11-15-10-14-6-4-5-7-17(14)23-15/h4-7,15H,8-11H2,1-3H3,(H,19,20). The van der Waals surface area contributed by atoms with Crippen molar-refractivity contribution in [3.05, 3.63) is 46.8 Å². The van der Waals surface area contributed by atoms with Gasteiger partial charge in [-0.2, -0.15) is 5.10 Å². The number of nitrogens with zero attached hydrogens (tertiary/aromatic N) is 2. The van der Waals surface area contributed by atoms with Crippen LogP contribution in [0, 0.1) is 13.8 Å². The molecule has 23 heavy (non-hydrogen) atoms. The molecule has 1 N–H and O–H groups in total. The van der Waals surface area contributed by atoms with Crippen LogP contribution in [0.1, 0.15) is 28.9 Å². The third-order valence-corrected chi connectivity index (χ3v) is 4.55. The number of nitrogens with one attached hydrogen (secondary N) is 1. The number of rotatable bonds is 5. The predicted molar refractivity (Wildman–Crippen MR) is 88.6 cm³/mol. The molecule has 0 saturated heterocycles. The van der Waals surface area contributed by atoms with E-state index in [-0.39, 0.29) is 12.0 Å². The normalized spacial score (nSPS) is 16.0. The van der Waals surface area contributed by atoms with E-state index in [2.05, 4.69) is 16.3 Å². The number of likely N-dealkylation sites (N-methyl/N-ethyl adjacent to an activating group) is 1. The van der Waals surface area contributed by atoms with Gasteiger partial charge in [-0.3, -0.25) is 9.89 Å². The Balaban J connectivity index is 1.50. The number of aromatic nitrogens is 2. The van der Waals surface area contributed by atoms with E-state index in [0.29, 0.717) is 19.4 Å². The third-order valence-electron chi connectivity index (χ3n) is 4.55. The first kappa shape index (κ1) is 15.6. The topological polar surface area (TPSA) is 58.2 Å². The average molecular weight is 313 g/mol. The number of fused-ring (bicyclic) bond motifs is 1. The molecular weight excluding hydrogens is 290 g/mol. The SMILES string of the molecule is Cc1[nH]nc(CCC(=O)N(C)CC2Cc3ccccc3O2)c1C. The summed E-state index contributed by atoms with van der Waals surface area (Å²) in [4.78, 5) is 14.1. The minimum Gasteiger partial charge on any atom is -0.488 e. The number of H-pyrrole nitrogens is 1. The van der Waals surface area contributed by atoms with Gasteiger partial charge >= 0.3 is 0 Å². The highest BCUT2D eigenvalue weighted by atomic mass is 16.5. The number of benzene rings is 1. The first-order valence-corrected chi connectivity index (χ1v) is 8.03. The number of amides is 1. The summed E-state index contributed by atoms with van der Waals surface area (Å²) in [6.45, 7) is 4.65. The molecule has 1 aromatic heterocycles. The zero-order valence-electron chi connectivity index (χ0n) is 13.9. The molecular formula is C18H23N3O2. The van der Waals surface area contributed by atoms with Gasteiger partial charge in [0.1, 0.15) is 11.9 Å². The van der Waals surface area contributed by atoms with Crippen molar-refractivity contribution < 1.29 is 9.53 Å². The molecule has 1 atom stereocenters. The summed E-state index contributed by atoms with van der Waals surface area (Å²) in [5.41, 5.74) is 4.42. The van der Waals surface area contributed by atoms with Crippen molar-refractivity contribution in [2.45, 2.75) is 39.2 Å². The second-order valence-electron chi connectivity index (χ2n) is 6.25. The molecule has 1 aliphatic heterocycles. The number of carbonyl (C=O) groups excluding carboxylic acids is 1. The molecule has 5 heteroatoms. The summed E-state index contributed by atoms with van der Waals surface area (Å²) in [5, 5.41) is 7.22. The molecule has 1 aliphatic rings. The summed E-state index contributed by atoms with van der Waals surface area (Å²) in [6, 6.07) is 8.07. The highest BCUT2D eigenvalue weighted by molar-refractivity contribution is 5.76. The van der Waals surface area contributed by atoms with Crippen molar-refractivity contribution in [3.8, 4) is 5.75 Å². The van der Waals surface area contributed by atoms with Crippen LogP contribution in [0.4, 0.5) is 0 Å². The molecule has 0 radical (unpaired) electrons. The van der Waals surface area contributed by atoms with Crippen molar-refractivity contribution in [2.24, 2.45) is 0 Å². The number of para-hydroxylation sites is 1. The van der Waals surface area contributed by atoms with Crippen LogP contribution in [-0.2, 0) is 17.6 Å². The lowest BCUT2D eigenvalue weighted by atomic mass is 10.1. The van der Waals surface area contributed by atoms with E-state index in [1.54, 1.807) is 4.90 Å². The second kappa shape index (κ2) is 6.44. The van der Waals surface area contributed by atoms with Gasteiger partial charge < -0.3 is 9.64 Å². The van der Waals surface area contributed by atoms with E-state index in [4.69, 9.17) is 4.74 Å². The Bertz CT molecular complexity index is 683. The number of hydrogen-bond donors (Lipinski definition) is 1. The minimum absolute atomic E-state index is 0.0516. The number of aryl methyl sites for hydroxylation is 2. The monoisotopic (exact) mass is 313 g/mol. The average Bonchev–Trinajstić information content (AvgIpc) is 3.09. The molecule has 0 bridgehead atoms. The Morgan fingerprint density at radius 2 is 2.17 bits per heavy atom. The maximum Gasteiger partial charge on any atom is 0.222 e. The molecule has 1 amide bonds. The van der Waals surface area contributed by atoms with Gasteiger partial charge in [-0.1, -0.05) is 18.2 Å². The highest BCUT2D eigenvalue weighted by Crippen LogP contribution is 2.28. The molecule has 5 nitrogen and oxygen atoms in total. The van der Waals surface area contributed by atoms with Gasteiger partial charge in [0.15, 0.2) is 0 Å². The van der Waals surface area contributed by atoms with E-state index in [1.165, 1.54) is 5.56 Å². The largest absolute Gasteiger partial charge is 0.488 e. The molecule has 0 aliphatic carbocycles. The Kier molecular flexibility index (Phi) is 4.37. The Hall–Kier alpha value is -2.30. The summed E-state index contributed by atoms with van der Waals surface area (Å²) < 4.78 is 5.90. The van der Waals surface area contributed by atoms with Gasteiger partial charge in [-0.25, -0.2) is 0 Å². The fourth-order valence-corrected chi connectivity index (χ4v) is 2.96. The second-order valence-corrected chi connectivity index (χ2v) is 6.25. The van der Waals surface area contributed by atoms with Crippen molar-refractivity contribution in [3.63, 3.8) is 0 Å². The van der Waals surface area contributed by atoms with Gasteiger partial charge in [-0.15, -0.1) is 0 Å². The van der Waals surface area contributed by atoms with Gasteiger partial charge in [0.25, 0.3) is 0 Å². The number of carbonyl (C=O) groups is 1. The van der Waals surface area contributed by atoms with Gasteiger partial charge in [-0.05, 0) is 31.0 Å². The summed E-state index contributed by atoms with van der Waals surface area (Å²) in [7, 11) is 1.84. The van der Waals surface area contributed by atoms with Crippen LogP contribution < -0.4 is 4.74 Å². The van der Waals surface area contributed by atoms with Crippen molar-refractivity contribution in [1.82, 2.24) is 15.1 Å². The lowest BCUT2D eigenvalue weighted by molar-refractivity contribution is -0.130. The van der Waals surface area contributed by atoms with E-state index in [0.717, 1.165) is 29.1 Å². The summed E-state index contributed by atoms with van der Waals surface area (Å²) in [6.07, 6.45) is 2.06. The van der Waals surface area contributed by atoms with Crippen LogP contribution >= 0.6 is 0 Å². The Morgan fingerprint density at radius 3 is 2.87 bits per heavy atom. The van der Waals surface area contributed by atoms with Gasteiger partial charge in [0, 0.05) is 32.0 Å². The van der Waals surface area contributed by atoms with Crippen LogP contribution in [0.2, 0.25) is 0 Å². The lowest BCUT2D eigenvalue weighted by Gasteiger charge is -2.21. The lowest BCUT2D eigenvalue weighted by Crippen LogP contribution is -2.36. The van der Waals surface area contributed by atoms with E-state index in [9.17, 15) is 4.79 Å². The number of aromatic amines is 1. The fourth-order valence-electron chi connectivity index (χ4n) is 2.96. The molecule has 2 heterocycles. The fraction of sp³-hybridized carbons (Fsp3) is 0.444. The van der Waals surface area contributed by atoms with Crippen LogP contribution in [0.15, 0.2) is 24.3 Å². The first-order valence-electron chi connectivity index (χ1n) is 8.03.